The molecule has 0 spiro atoms. The van der Waals surface area contributed by atoms with Crippen LogP contribution in [0, 0.1) is 11.7 Å². The van der Waals surface area contributed by atoms with Gasteiger partial charge in [0.2, 0.25) is 11.8 Å². The predicted octanol–water partition coefficient (Wildman–Crippen LogP) is 3.56. The molecule has 2 amide bonds. The van der Waals surface area contributed by atoms with E-state index in [9.17, 15) is 14.0 Å². The highest BCUT2D eigenvalue weighted by atomic mass is 19.1. The number of carbonyl (C=O) groups is 2. The molecule has 0 radical (unpaired) electrons. The maximum absolute atomic E-state index is 13.1. The Balaban J connectivity index is 2.00. The fraction of sp³-hybridized carbons (Fsp3) is 0.364. The average molecular weight is 370 g/mol. The number of hydrogen-bond acceptors (Lipinski definition) is 2. The number of hydrogen-bond donors (Lipinski definition) is 1. The molecule has 2 aromatic rings. The Bertz CT molecular complexity index is 745. The summed E-state index contributed by atoms with van der Waals surface area (Å²) in [5, 5.41) is 2.91. The van der Waals surface area contributed by atoms with Gasteiger partial charge in [-0.05, 0) is 36.6 Å². The lowest BCUT2D eigenvalue weighted by molar-refractivity contribution is -0.143. The van der Waals surface area contributed by atoms with E-state index in [0.29, 0.717) is 6.54 Å². The quantitative estimate of drug-likeness (QED) is 0.772. The standard InChI is InChI=1S/C22H27FN2O2/c1-16(2)22(27)25(15-19-9-11-20(23)12-10-19)17(3)21(26)24-14-13-18-7-5-4-6-8-18/h4-12,16-17H,13-15H2,1-3H3,(H,24,26)/t17-/m0/s1. The van der Waals surface area contributed by atoms with E-state index in [-0.39, 0.29) is 30.1 Å². The molecule has 1 atom stereocenters. The van der Waals surface area contributed by atoms with E-state index < -0.39 is 6.04 Å². The van der Waals surface area contributed by atoms with Crippen LogP contribution in [0.25, 0.3) is 0 Å². The highest BCUT2D eigenvalue weighted by molar-refractivity contribution is 5.88. The Morgan fingerprint density at radius 1 is 0.963 bits per heavy atom. The maximum Gasteiger partial charge on any atom is 0.242 e. The minimum atomic E-state index is -0.610. The highest BCUT2D eigenvalue weighted by Crippen LogP contribution is 2.14. The minimum absolute atomic E-state index is 0.106. The zero-order valence-electron chi connectivity index (χ0n) is 16.1. The summed E-state index contributed by atoms with van der Waals surface area (Å²) < 4.78 is 13.1. The molecule has 0 aliphatic rings. The van der Waals surface area contributed by atoms with Crippen LogP contribution in [0.2, 0.25) is 0 Å². The average Bonchev–Trinajstić information content (AvgIpc) is 2.67. The van der Waals surface area contributed by atoms with Crippen molar-refractivity contribution in [3.63, 3.8) is 0 Å². The third-order valence-electron chi connectivity index (χ3n) is 4.45. The number of halogens is 1. The summed E-state index contributed by atoms with van der Waals surface area (Å²) in [6, 6.07) is 15.3. The van der Waals surface area contributed by atoms with Crippen LogP contribution in [0.5, 0.6) is 0 Å². The van der Waals surface area contributed by atoms with Crippen molar-refractivity contribution in [2.24, 2.45) is 5.92 Å². The van der Waals surface area contributed by atoms with Gasteiger partial charge in [0.1, 0.15) is 11.9 Å². The molecule has 0 aromatic heterocycles. The van der Waals surface area contributed by atoms with E-state index in [0.717, 1.165) is 17.5 Å². The second kappa shape index (κ2) is 9.86. The van der Waals surface area contributed by atoms with Crippen LogP contribution in [0.15, 0.2) is 54.6 Å². The SMILES string of the molecule is CC(C)C(=O)N(Cc1ccc(F)cc1)[C@@H](C)C(=O)NCCc1ccccc1. The van der Waals surface area contributed by atoms with Gasteiger partial charge in [-0.25, -0.2) is 4.39 Å². The number of nitrogens with one attached hydrogen (secondary N) is 1. The van der Waals surface area contributed by atoms with Gasteiger partial charge in [-0.3, -0.25) is 9.59 Å². The largest absolute Gasteiger partial charge is 0.354 e. The normalized spacial score (nSPS) is 11.9. The van der Waals surface area contributed by atoms with Crippen molar-refractivity contribution in [2.45, 2.75) is 39.8 Å². The van der Waals surface area contributed by atoms with E-state index in [2.05, 4.69) is 5.32 Å². The van der Waals surface area contributed by atoms with Gasteiger partial charge in [-0.15, -0.1) is 0 Å². The first-order valence-electron chi connectivity index (χ1n) is 9.25. The van der Waals surface area contributed by atoms with Crippen LogP contribution in [-0.2, 0) is 22.6 Å². The van der Waals surface area contributed by atoms with E-state index in [1.54, 1.807) is 37.8 Å². The number of nitrogens with zero attached hydrogens (tertiary/aromatic N) is 1. The van der Waals surface area contributed by atoms with Gasteiger partial charge in [0.25, 0.3) is 0 Å². The molecule has 27 heavy (non-hydrogen) atoms. The molecular formula is C22H27FN2O2. The summed E-state index contributed by atoms with van der Waals surface area (Å²) in [6.45, 7) is 6.11. The van der Waals surface area contributed by atoms with Crippen LogP contribution >= 0.6 is 0 Å². The molecular weight excluding hydrogens is 343 g/mol. The fourth-order valence-corrected chi connectivity index (χ4v) is 2.79. The Morgan fingerprint density at radius 2 is 1.59 bits per heavy atom. The van der Waals surface area contributed by atoms with Gasteiger partial charge < -0.3 is 10.2 Å². The van der Waals surface area contributed by atoms with Gasteiger partial charge >= 0.3 is 0 Å². The molecule has 0 aliphatic heterocycles. The molecule has 144 valence electrons. The Hall–Kier alpha value is -2.69. The number of amides is 2. The lowest BCUT2D eigenvalue weighted by Gasteiger charge is -2.30. The smallest absolute Gasteiger partial charge is 0.242 e. The van der Waals surface area contributed by atoms with Gasteiger partial charge in [0.05, 0.1) is 0 Å². The summed E-state index contributed by atoms with van der Waals surface area (Å²) in [7, 11) is 0. The molecule has 0 bridgehead atoms. The van der Waals surface area contributed by atoms with Crippen molar-refractivity contribution in [1.29, 1.82) is 0 Å². The monoisotopic (exact) mass is 370 g/mol. The van der Waals surface area contributed by atoms with Crippen molar-refractivity contribution in [1.82, 2.24) is 10.2 Å². The molecule has 2 rings (SSSR count). The molecule has 0 saturated heterocycles. The third kappa shape index (κ3) is 6.20. The van der Waals surface area contributed by atoms with Crippen molar-refractivity contribution >= 4 is 11.8 Å². The first-order valence-corrected chi connectivity index (χ1v) is 9.25. The third-order valence-corrected chi connectivity index (χ3v) is 4.45. The van der Waals surface area contributed by atoms with Crippen LogP contribution < -0.4 is 5.32 Å². The molecule has 2 aromatic carbocycles. The molecule has 1 N–H and O–H groups in total. The number of carbonyl (C=O) groups excluding carboxylic acids is 2. The van der Waals surface area contributed by atoms with Crippen molar-refractivity contribution in [3.05, 3.63) is 71.5 Å². The first kappa shape index (κ1) is 20.6. The molecule has 0 aliphatic carbocycles. The van der Waals surface area contributed by atoms with Gasteiger partial charge in [0.15, 0.2) is 0 Å². The maximum atomic E-state index is 13.1. The lowest BCUT2D eigenvalue weighted by atomic mass is 10.1. The lowest BCUT2D eigenvalue weighted by Crippen LogP contribution is -2.49. The van der Waals surface area contributed by atoms with Crippen LogP contribution in [0.4, 0.5) is 4.39 Å². The fourth-order valence-electron chi connectivity index (χ4n) is 2.79. The first-order chi connectivity index (χ1) is 12.9. The van der Waals surface area contributed by atoms with Gasteiger partial charge in [-0.2, -0.15) is 0 Å². The molecule has 0 fully saturated rings. The Kier molecular flexibility index (Phi) is 7.53. The van der Waals surface area contributed by atoms with E-state index in [4.69, 9.17) is 0 Å². The van der Waals surface area contributed by atoms with Crippen molar-refractivity contribution in [2.75, 3.05) is 6.54 Å². The van der Waals surface area contributed by atoms with Crippen LogP contribution in [0.1, 0.15) is 31.9 Å². The second-order valence-electron chi connectivity index (χ2n) is 6.95. The molecule has 0 unspecified atom stereocenters. The predicted molar refractivity (Wildman–Crippen MR) is 104 cm³/mol. The summed E-state index contributed by atoms with van der Waals surface area (Å²) in [5.74, 6) is -0.857. The summed E-state index contributed by atoms with van der Waals surface area (Å²) in [5.41, 5.74) is 1.93. The van der Waals surface area contributed by atoms with Gasteiger partial charge in [-0.1, -0.05) is 56.3 Å². The molecule has 5 heteroatoms. The summed E-state index contributed by atoms with van der Waals surface area (Å²) in [6.07, 6.45) is 0.732. The minimum Gasteiger partial charge on any atom is -0.354 e. The highest BCUT2D eigenvalue weighted by Gasteiger charge is 2.27. The van der Waals surface area contributed by atoms with E-state index in [1.165, 1.54) is 12.1 Å². The van der Waals surface area contributed by atoms with Crippen LogP contribution in [-0.4, -0.2) is 29.3 Å². The topological polar surface area (TPSA) is 49.4 Å². The zero-order chi connectivity index (χ0) is 19.8. The summed E-state index contributed by atoms with van der Waals surface area (Å²) in [4.78, 5) is 26.8. The van der Waals surface area contributed by atoms with Gasteiger partial charge in [0, 0.05) is 19.0 Å². The van der Waals surface area contributed by atoms with E-state index >= 15 is 0 Å². The van der Waals surface area contributed by atoms with E-state index in [1.807, 2.05) is 30.3 Å². The number of benzene rings is 2. The summed E-state index contributed by atoms with van der Waals surface area (Å²) >= 11 is 0. The van der Waals surface area contributed by atoms with Crippen molar-refractivity contribution in [3.8, 4) is 0 Å². The Morgan fingerprint density at radius 3 is 2.19 bits per heavy atom. The Labute approximate surface area is 160 Å². The molecule has 4 nitrogen and oxygen atoms in total. The zero-order valence-corrected chi connectivity index (χ0v) is 16.1. The molecule has 0 heterocycles. The number of rotatable bonds is 8. The molecule has 0 saturated carbocycles. The van der Waals surface area contributed by atoms with Crippen molar-refractivity contribution < 1.29 is 14.0 Å². The van der Waals surface area contributed by atoms with Crippen LogP contribution in [0.3, 0.4) is 0 Å². The second-order valence-corrected chi connectivity index (χ2v) is 6.95.